The van der Waals surface area contributed by atoms with Gasteiger partial charge < -0.3 is 10.5 Å². The molecule has 102 valence electrons. The van der Waals surface area contributed by atoms with E-state index in [4.69, 9.17) is 10.5 Å². The highest BCUT2D eigenvalue weighted by atomic mass is 32.1. The molecule has 0 unspecified atom stereocenters. The number of ether oxygens (including phenoxy) is 1. The first-order valence-corrected chi connectivity index (χ1v) is 7.00. The molecule has 0 radical (unpaired) electrons. The molecule has 2 aromatic heterocycles. The average molecular weight is 278 g/mol. The molecule has 2 heterocycles. The van der Waals surface area contributed by atoms with Crippen molar-refractivity contribution in [2.75, 3.05) is 7.11 Å². The maximum Gasteiger partial charge on any atom is 0.216 e. The third-order valence-corrected chi connectivity index (χ3v) is 3.78. The monoisotopic (exact) mass is 278 g/mol. The molecule has 6 heteroatoms. The van der Waals surface area contributed by atoms with Crippen LogP contribution in [0.15, 0.2) is 12.4 Å². The van der Waals surface area contributed by atoms with Gasteiger partial charge in [-0.25, -0.2) is 15.0 Å². The molecule has 19 heavy (non-hydrogen) atoms. The van der Waals surface area contributed by atoms with Gasteiger partial charge in [-0.2, -0.15) is 0 Å². The molecule has 5 nitrogen and oxygen atoms in total. The zero-order valence-electron chi connectivity index (χ0n) is 11.4. The zero-order valence-corrected chi connectivity index (χ0v) is 12.2. The molecule has 0 spiro atoms. The Kier molecular flexibility index (Phi) is 4.44. The van der Waals surface area contributed by atoms with E-state index in [1.165, 1.54) is 6.33 Å². The molecule has 2 rings (SSSR count). The topological polar surface area (TPSA) is 73.9 Å². The Bertz CT molecular complexity index is 553. The maximum atomic E-state index is 5.79. The number of nitrogens with two attached hydrogens (primary N) is 1. The van der Waals surface area contributed by atoms with E-state index in [0.717, 1.165) is 27.7 Å². The van der Waals surface area contributed by atoms with E-state index >= 15 is 0 Å². The number of nitrogens with zero attached hydrogens (tertiary/aromatic N) is 3. The second kappa shape index (κ2) is 6.08. The largest absolute Gasteiger partial charge is 0.481 e. The highest BCUT2D eigenvalue weighted by molar-refractivity contribution is 7.15. The van der Waals surface area contributed by atoms with Crippen LogP contribution in [-0.4, -0.2) is 22.1 Å². The minimum absolute atomic E-state index is 0.516. The molecular formula is C13H18N4OS. The number of rotatable bonds is 5. The smallest absolute Gasteiger partial charge is 0.216 e. The summed E-state index contributed by atoms with van der Waals surface area (Å²) in [6.07, 6.45) is 2.42. The summed E-state index contributed by atoms with van der Waals surface area (Å²) < 4.78 is 5.11. The summed E-state index contributed by atoms with van der Waals surface area (Å²) in [7, 11) is 1.59. The average Bonchev–Trinajstić information content (AvgIpc) is 2.81. The van der Waals surface area contributed by atoms with Crippen molar-refractivity contribution in [1.29, 1.82) is 0 Å². The minimum Gasteiger partial charge on any atom is -0.481 e. The molecule has 2 N–H and O–H groups in total. The number of hydrogen-bond donors (Lipinski definition) is 1. The van der Waals surface area contributed by atoms with Crippen LogP contribution in [0.3, 0.4) is 0 Å². The molecule has 0 fully saturated rings. The van der Waals surface area contributed by atoms with Crippen molar-refractivity contribution in [1.82, 2.24) is 15.0 Å². The van der Waals surface area contributed by atoms with Crippen LogP contribution in [0, 0.1) is 5.92 Å². The Morgan fingerprint density at radius 3 is 2.79 bits per heavy atom. The molecule has 0 aliphatic heterocycles. The predicted molar refractivity (Wildman–Crippen MR) is 76.1 cm³/mol. The third-order valence-electron chi connectivity index (χ3n) is 2.64. The first kappa shape index (κ1) is 13.9. The summed E-state index contributed by atoms with van der Waals surface area (Å²) in [5, 5.41) is 0.872. The van der Waals surface area contributed by atoms with Crippen LogP contribution in [0.5, 0.6) is 5.88 Å². The van der Waals surface area contributed by atoms with Crippen molar-refractivity contribution in [2.24, 2.45) is 11.7 Å². The van der Waals surface area contributed by atoms with E-state index in [1.54, 1.807) is 24.5 Å². The number of methoxy groups -OCH3 is 1. The van der Waals surface area contributed by atoms with Gasteiger partial charge in [-0.1, -0.05) is 13.8 Å². The van der Waals surface area contributed by atoms with E-state index in [0.29, 0.717) is 18.3 Å². The van der Waals surface area contributed by atoms with Crippen molar-refractivity contribution in [3.63, 3.8) is 0 Å². The van der Waals surface area contributed by atoms with Crippen LogP contribution >= 0.6 is 11.3 Å². The molecule has 0 bridgehead atoms. The molecule has 2 aromatic rings. The Labute approximate surface area is 116 Å². The lowest BCUT2D eigenvalue weighted by Crippen LogP contribution is -2.02. The highest BCUT2D eigenvalue weighted by Crippen LogP contribution is 2.29. The molecular weight excluding hydrogens is 260 g/mol. The van der Waals surface area contributed by atoms with Crippen molar-refractivity contribution in [2.45, 2.75) is 26.8 Å². The van der Waals surface area contributed by atoms with Gasteiger partial charge in [0.15, 0.2) is 0 Å². The summed E-state index contributed by atoms with van der Waals surface area (Å²) in [5.41, 5.74) is 7.64. The molecule has 0 aliphatic rings. The lowest BCUT2D eigenvalue weighted by Gasteiger charge is -2.02. The van der Waals surface area contributed by atoms with Gasteiger partial charge in [0.2, 0.25) is 5.88 Å². The first-order chi connectivity index (χ1) is 9.13. The third kappa shape index (κ3) is 3.27. The highest BCUT2D eigenvalue weighted by Gasteiger charge is 2.14. The zero-order chi connectivity index (χ0) is 13.8. The SMILES string of the molecule is COc1cc(-c2nc(CC(C)C)c(CN)s2)ncn1. The van der Waals surface area contributed by atoms with Gasteiger partial charge >= 0.3 is 0 Å². The predicted octanol–water partition coefficient (Wildman–Crippen LogP) is 2.27. The fraction of sp³-hybridized carbons (Fsp3) is 0.462. The van der Waals surface area contributed by atoms with Gasteiger partial charge in [0.25, 0.3) is 0 Å². The summed E-state index contributed by atoms with van der Waals surface area (Å²) in [5.74, 6) is 1.10. The van der Waals surface area contributed by atoms with E-state index in [2.05, 4.69) is 28.8 Å². The number of hydrogen-bond acceptors (Lipinski definition) is 6. The van der Waals surface area contributed by atoms with Crippen LogP contribution < -0.4 is 10.5 Å². The van der Waals surface area contributed by atoms with Gasteiger partial charge in [0.1, 0.15) is 17.0 Å². The van der Waals surface area contributed by atoms with Crippen LogP contribution in [0.4, 0.5) is 0 Å². The molecule has 0 saturated heterocycles. The van der Waals surface area contributed by atoms with E-state index in [1.807, 2.05) is 0 Å². The minimum atomic E-state index is 0.516. The Hall–Kier alpha value is -1.53. The second-order valence-electron chi connectivity index (χ2n) is 4.64. The van der Waals surface area contributed by atoms with E-state index < -0.39 is 0 Å². The van der Waals surface area contributed by atoms with Crippen molar-refractivity contribution >= 4 is 11.3 Å². The summed E-state index contributed by atoms with van der Waals surface area (Å²) in [6.45, 7) is 4.86. The number of aromatic nitrogens is 3. The molecule has 0 saturated carbocycles. The van der Waals surface area contributed by atoms with Gasteiger partial charge in [-0.15, -0.1) is 11.3 Å². The van der Waals surface area contributed by atoms with E-state index in [9.17, 15) is 0 Å². The van der Waals surface area contributed by atoms with E-state index in [-0.39, 0.29) is 0 Å². The Morgan fingerprint density at radius 1 is 1.37 bits per heavy atom. The summed E-state index contributed by atoms with van der Waals surface area (Å²) in [6, 6.07) is 1.79. The first-order valence-electron chi connectivity index (χ1n) is 6.19. The van der Waals surface area contributed by atoms with Gasteiger partial charge in [0.05, 0.1) is 12.8 Å². The molecule has 0 aliphatic carbocycles. The molecule has 0 atom stereocenters. The normalized spacial score (nSPS) is 11.0. The van der Waals surface area contributed by atoms with Crippen molar-refractivity contribution in [3.8, 4) is 16.6 Å². The standard InChI is InChI=1S/C13H18N4OS/c1-8(2)4-9-11(6-14)19-13(17-9)10-5-12(18-3)16-7-15-10/h5,7-8H,4,6,14H2,1-3H3. The molecule has 0 amide bonds. The summed E-state index contributed by atoms with van der Waals surface area (Å²) in [4.78, 5) is 14.0. The van der Waals surface area contributed by atoms with Crippen LogP contribution in [0.25, 0.3) is 10.7 Å². The van der Waals surface area contributed by atoms with Crippen LogP contribution in [0.2, 0.25) is 0 Å². The van der Waals surface area contributed by atoms with Crippen LogP contribution in [-0.2, 0) is 13.0 Å². The Morgan fingerprint density at radius 2 is 2.16 bits per heavy atom. The fourth-order valence-corrected chi connectivity index (χ4v) is 2.70. The van der Waals surface area contributed by atoms with Gasteiger partial charge in [-0.3, -0.25) is 0 Å². The van der Waals surface area contributed by atoms with Gasteiger partial charge in [-0.05, 0) is 12.3 Å². The lowest BCUT2D eigenvalue weighted by atomic mass is 10.1. The van der Waals surface area contributed by atoms with Crippen molar-refractivity contribution in [3.05, 3.63) is 23.0 Å². The fourth-order valence-electron chi connectivity index (χ4n) is 1.77. The quantitative estimate of drug-likeness (QED) is 0.908. The molecule has 0 aromatic carbocycles. The Balaban J connectivity index is 2.36. The summed E-state index contributed by atoms with van der Waals surface area (Å²) >= 11 is 1.59. The lowest BCUT2D eigenvalue weighted by molar-refractivity contribution is 0.397. The van der Waals surface area contributed by atoms with Crippen LogP contribution in [0.1, 0.15) is 24.4 Å². The van der Waals surface area contributed by atoms with Gasteiger partial charge in [0, 0.05) is 17.5 Å². The second-order valence-corrected chi connectivity index (χ2v) is 5.72. The van der Waals surface area contributed by atoms with Crippen molar-refractivity contribution < 1.29 is 4.74 Å². The maximum absolute atomic E-state index is 5.79. The number of thiazole rings is 1.